The zero-order chi connectivity index (χ0) is 20.6. The summed E-state index contributed by atoms with van der Waals surface area (Å²) in [7, 11) is -3.59. The molecule has 0 bridgehead atoms. The lowest BCUT2D eigenvalue weighted by Crippen LogP contribution is -2.32. The molecule has 0 saturated carbocycles. The molecule has 0 unspecified atom stereocenters. The van der Waals surface area contributed by atoms with Crippen molar-refractivity contribution in [1.82, 2.24) is 4.31 Å². The van der Waals surface area contributed by atoms with E-state index in [9.17, 15) is 13.2 Å². The van der Waals surface area contributed by atoms with Gasteiger partial charge in [0, 0.05) is 32.8 Å². The molecule has 7 nitrogen and oxygen atoms in total. The Morgan fingerprint density at radius 3 is 2.43 bits per heavy atom. The summed E-state index contributed by atoms with van der Waals surface area (Å²) in [6.45, 7) is 9.05. The monoisotopic (exact) mass is 411 g/mol. The van der Waals surface area contributed by atoms with Gasteiger partial charge in [0.25, 0.3) is 0 Å². The first-order chi connectivity index (χ1) is 13.4. The second-order valence-electron chi connectivity index (χ2n) is 6.81. The van der Waals surface area contributed by atoms with E-state index < -0.39 is 10.0 Å². The van der Waals surface area contributed by atoms with Crippen LogP contribution >= 0.6 is 0 Å². The predicted octanol–water partition coefficient (Wildman–Crippen LogP) is 3.07. The molecule has 0 aliphatic carbocycles. The number of carbonyl (C=O) groups is 1. The van der Waals surface area contributed by atoms with Crippen LogP contribution in [0.15, 0.2) is 23.1 Å². The van der Waals surface area contributed by atoms with E-state index in [2.05, 4.69) is 10.2 Å². The third kappa shape index (κ3) is 5.68. The highest BCUT2D eigenvalue weighted by Crippen LogP contribution is 2.32. The third-order valence-corrected chi connectivity index (χ3v) is 7.01. The summed E-state index contributed by atoms with van der Waals surface area (Å²) >= 11 is 0. The summed E-state index contributed by atoms with van der Waals surface area (Å²) in [4.78, 5) is 14.8. The van der Waals surface area contributed by atoms with Gasteiger partial charge in [-0.2, -0.15) is 4.31 Å². The number of sulfonamides is 1. The van der Waals surface area contributed by atoms with Crippen molar-refractivity contribution in [3.63, 3.8) is 0 Å². The molecule has 1 N–H and O–H groups in total. The fourth-order valence-electron chi connectivity index (χ4n) is 3.42. The Kier molecular flexibility index (Phi) is 8.72. The van der Waals surface area contributed by atoms with E-state index in [1.54, 1.807) is 12.1 Å². The minimum absolute atomic E-state index is 0.177. The number of hydrogen-bond donors (Lipinski definition) is 1. The van der Waals surface area contributed by atoms with Gasteiger partial charge >= 0.3 is 0 Å². The number of anilines is 2. The van der Waals surface area contributed by atoms with Gasteiger partial charge in [0.15, 0.2) is 0 Å². The Morgan fingerprint density at radius 2 is 1.82 bits per heavy atom. The van der Waals surface area contributed by atoms with Gasteiger partial charge in [-0.15, -0.1) is 0 Å². The first-order valence-corrected chi connectivity index (χ1v) is 11.6. The lowest BCUT2D eigenvalue weighted by Gasteiger charge is -2.31. The summed E-state index contributed by atoms with van der Waals surface area (Å²) < 4.78 is 32.5. The van der Waals surface area contributed by atoms with Crippen molar-refractivity contribution in [2.24, 2.45) is 0 Å². The molecule has 2 rings (SSSR count). The molecule has 1 amide bonds. The maximum atomic E-state index is 12.9. The summed E-state index contributed by atoms with van der Waals surface area (Å²) in [6, 6.07) is 5.06. The average Bonchev–Trinajstić information content (AvgIpc) is 2.69. The summed E-state index contributed by atoms with van der Waals surface area (Å²) in [6.07, 6.45) is 3.62. The molecular weight excluding hydrogens is 378 g/mol. The summed E-state index contributed by atoms with van der Waals surface area (Å²) in [5.41, 5.74) is 1.43. The van der Waals surface area contributed by atoms with Gasteiger partial charge in [0.1, 0.15) is 0 Å². The maximum absolute atomic E-state index is 12.9. The molecule has 0 aromatic heterocycles. The van der Waals surface area contributed by atoms with Crippen LogP contribution in [-0.2, 0) is 19.6 Å². The van der Waals surface area contributed by atoms with Crippen LogP contribution in [-0.4, -0.2) is 58.0 Å². The van der Waals surface area contributed by atoms with Crippen LogP contribution < -0.4 is 10.2 Å². The van der Waals surface area contributed by atoms with Gasteiger partial charge in [0.2, 0.25) is 15.9 Å². The fraction of sp³-hybridized carbons (Fsp3) is 0.650. The predicted molar refractivity (Wildman–Crippen MR) is 112 cm³/mol. The van der Waals surface area contributed by atoms with E-state index >= 15 is 0 Å². The SMILES string of the molecule is CCOCCC(=O)Nc1cc(S(=O)(=O)N(CC)CC)ccc1N1CCCCC1. The highest BCUT2D eigenvalue weighted by atomic mass is 32.2. The highest BCUT2D eigenvalue weighted by molar-refractivity contribution is 7.89. The highest BCUT2D eigenvalue weighted by Gasteiger charge is 2.24. The molecule has 0 radical (unpaired) electrons. The van der Waals surface area contributed by atoms with Gasteiger partial charge < -0.3 is 15.0 Å². The number of piperidine rings is 1. The number of rotatable bonds is 10. The second-order valence-corrected chi connectivity index (χ2v) is 8.75. The van der Waals surface area contributed by atoms with Crippen LogP contribution in [0.2, 0.25) is 0 Å². The van der Waals surface area contributed by atoms with Crippen LogP contribution in [0.25, 0.3) is 0 Å². The number of benzene rings is 1. The van der Waals surface area contributed by atoms with Gasteiger partial charge in [-0.25, -0.2) is 8.42 Å². The van der Waals surface area contributed by atoms with Crippen molar-refractivity contribution in [1.29, 1.82) is 0 Å². The molecule has 0 spiro atoms. The quantitative estimate of drug-likeness (QED) is 0.599. The normalized spacial score (nSPS) is 15.1. The molecular formula is C20H33N3O4S. The van der Waals surface area contributed by atoms with Crippen LogP contribution in [0.1, 0.15) is 46.5 Å². The Labute approximate surface area is 169 Å². The smallest absolute Gasteiger partial charge is 0.243 e. The molecule has 1 heterocycles. The maximum Gasteiger partial charge on any atom is 0.243 e. The van der Waals surface area contributed by atoms with E-state index in [4.69, 9.17) is 4.74 Å². The second kappa shape index (κ2) is 10.8. The Bertz CT molecular complexity index is 742. The number of amides is 1. The molecule has 158 valence electrons. The number of carbonyl (C=O) groups excluding carboxylic acids is 1. The average molecular weight is 412 g/mol. The van der Waals surface area contributed by atoms with Crippen LogP contribution in [0.3, 0.4) is 0 Å². The topological polar surface area (TPSA) is 78.9 Å². The van der Waals surface area contributed by atoms with Crippen molar-refractivity contribution in [3.05, 3.63) is 18.2 Å². The third-order valence-electron chi connectivity index (χ3n) is 4.96. The lowest BCUT2D eigenvalue weighted by molar-refractivity contribution is -0.117. The van der Waals surface area contributed by atoms with E-state index in [-0.39, 0.29) is 17.2 Å². The lowest BCUT2D eigenvalue weighted by atomic mass is 10.1. The first kappa shape index (κ1) is 22.6. The van der Waals surface area contributed by atoms with Crippen molar-refractivity contribution in [2.75, 3.05) is 49.6 Å². The van der Waals surface area contributed by atoms with Crippen LogP contribution in [0.5, 0.6) is 0 Å². The van der Waals surface area contributed by atoms with Crippen molar-refractivity contribution >= 4 is 27.3 Å². The molecule has 8 heteroatoms. The van der Waals surface area contributed by atoms with Crippen LogP contribution in [0, 0.1) is 0 Å². The van der Waals surface area contributed by atoms with E-state index in [0.717, 1.165) is 31.6 Å². The number of ether oxygens (including phenoxy) is 1. The molecule has 1 saturated heterocycles. The molecule has 28 heavy (non-hydrogen) atoms. The van der Waals surface area contributed by atoms with Crippen molar-refractivity contribution in [2.45, 2.75) is 51.3 Å². The summed E-state index contributed by atoms with van der Waals surface area (Å²) in [5.74, 6) is -0.177. The first-order valence-electron chi connectivity index (χ1n) is 10.2. The van der Waals surface area contributed by atoms with Gasteiger partial charge in [-0.05, 0) is 44.4 Å². The van der Waals surface area contributed by atoms with Crippen molar-refractivity contribution in [3.8, 4) is 0 Å². The number of nitrogens with zero attached hydrogens (tertiary/aromatic N) is 2. The van der Waals surface area contributed by atoms with Gasteiger partial charge in [0.05, 0.1) is 29.3 Å². The number of hydrogen-bond acceptors (Lipinski definition) is 5. The van der Waals surface area contributed by atoms with Gasteiger partial charge in [-0.1, -0.05) is 13.8 Å². The molecule has 1 aromatic rings. The summed E-state index contributed by atoms with van der Waals surface area (Å²) in [5, 5.41) is 2.91. The largest absolute Gasteiger partial charge is 0.381 e. The number of nitrogens with one attached hydrogen (secondary N) is 1. The van der Waals surface area contributed by atoms with E-state index in [1.807, 2.05) is 26.8 Å². The Morgan fingerprint density at radius 1 is 1.14 bits per heavy atom. The standard InChI is InChI=1S/C20H33N3O4S/c1-4-23(5-2)28(25,26)17-10-11-19(22-13-8-7-9-14-22)18(16-17)21-20(24)12-15-27-6-3/h10-11,16H,4-9,12-15H2,1-3H3,(H,21,24). The Balaban J connectivity index is 2.34. The molecule has 1 aromatic carbocycles. The molecule has 0 atom stereocenters. The minimum atomic E-state index is -3.59. The van der Waals surface area contributed by atoms with E-state index in [1.165, 1.54) is 10.7 Å². The zero-order valence-electron chi connectivity index (χ0n) is 17.2. The Hall–Kier alpha value is -1.64. The van der Waals surface area contributed by atoms with Crippen molar-refractivity contribution < 1.29 is 17.9 Å². The van der Waals surface area contributed by atoms with Gasteiger partial charge in [-0.3, -0.25) is 4.79 Å². The zero-order valence-corrected chi connectivity index (χ0v) is 18.1. The fourth-order valence-corrected chi connectivity index (χ4v) is 4.91. The molecule has 1 aliphatic heterocycles. The minimum Gasteiger partial charge on any atom is -0.381 e. The molecule has 1 aliphatic rings. The van der Waals surface area contributed by atoms with E-state index in [0.29, 0.717) is 32.0 Å². The molecule has 1 fully saturated rings. The van der Waals surface area contributed by atoms with Crippen LogP contribution in [0.4, 0.5) is 11.4 Å².